The predicted octanol–water partition coefficient (Wildman–Crippen LogP) is 2.73. The van der Waals surface area contributed by atoms with Crippen LogP contribution in [0.25, 0.3) is 22.3 Å². The third-order valence-corrected chi connectivity index (χ3v) is 5.22. The summed E-state index contributed by atoms with van der Waals surface area (Å²) in [6.45, 7) is 0. The minimum atomic E-state index is 0.344. The van der Waals surface area contributed by atoms with Gasteiger partial charge >= 0.3 is 0 Å². The summed E-state index contributed by atoms with van der Waals surface area (Å²) in [5, 5.41) is 8.08. The van der Waals surface area contributed by atoms with Gasteiger partial charge in [0.25, 0.3) is 0 Å². The van der Waals surface area contributed by atoms with E-state index in [0.29, 0.717) is 18.0 Å². The van der Waals surface area contributed by atoms with E-state index < -0.39 is 0 Å². The second-order valence-corrected chi connectivity index (χ2v) is 7.01. The molecule has 0 aliphatic heterocycles. The van der Waals surface area contributed by atoms with Crippen LogP contribution in [0, 0.1) is 0 Å². The van der Waals surface area contributed by atoms with Crippen molar-refractivity contribution in [3.63, 3.8) is 0 Å². The quantitative estimate of drug-likeness (QED) is 0.595. The second-order valence-electron chi connectivity index (χ2n) is 7.01. The van der Waals surface area contributed by atoms with E-state index in [9.17, 15) is 0 Å². The highest BCUT2D eigenvalue weighted by molar-refractivity contribution is 5.80. The summed E-state index contributed by atoms with van der Waals surface area (Å²) in [5.74, 6) is 0.671. The van der Waals surface area contributed by atoms with E-state index >= 15 is 0 Å². The van der Waals surface area contributed by atoms with E-state index in [1.54, 1.807) is 6.20 Å². The Bertz CT molecular complexity index is 1060. The van der Waals surface area contributed by atoms with E-state index in [2.05, 4.69) is 38.7 Å². The number of nitrogens with zero attached hydrogens (tertiary/aromatic N) is 5. The molecule has 0 aromatic carbocycles. The molecule has 132 valence electrons. The molecule has 7 heteroatoms. The van der Waals surface area contributed by atoms with Crippen molar-refractivity contribution >= 4 is 17.1 Å². The normalized spacial score (nSPS) is 20.7. The molecular formula is C19H21N7. The standard InChI is InChI=1S/C19H21N7/c20-14-2-4-15(5-3-14)23-19-22-11-17-16(7-9-26(17)24-19)13-1-6-18-21-8-10-25(18)12-13/h1,6-12,14-15H,2-5,20H2,(H,23,24)/t14-,15-. The van der Waals surface area contributed by atoms with Gasteiger partial charge in [0.1, 0.15) is 5.65 Å². The van der Waals surface area contributed by atoms with E-state index in [1.165, 1.54) is 0 Å². The molecule has 0 saturated heterocycles. The summed E-state index contributed by atoms with van der Waals surface area (Å²) in [4.78, 5) is 8.83. The maximum atomic E-state index is 5.98. The Kier molecular flexibility index (Phi) is 3.60. The number of anilines is 1. The molecular weight excluding hydrogens is 326 g/mol. The van der Waals surface area contributed by atoms with Gasteiger partial charge in [0.05, 0.1) is 11.7 Å². The number of hydrogen-bond acceptors (Lipinski definition) is 5. The zero-order valence-corrected chi connectivity index (χ0v) is 14.4. The van der Waals surface area contributed by atoms with Crippen molar-refractivity contribution in [2.75, 3.05) is 5.32 Å². The zero-order chi connectivity index (χ0) is 17.5. The molecule has 1 saturated carbocycles. The van der Waals surface area contributed by atoms with Gasteiger partial charge in [0.2, 0.25) is 5.95 Å². The number of hydrogen-bond donors (Lipinski definition) is 2. The maximum Gasteiger partial charge on any atom is 0.241 e. The molecule has 0 radical (unpaired) electrons. The van der Waals surface area contributed by atoms with E-state index in [0.717, 1.165) is 48.0 Å². The predicted molar refractivity (Wildman–Crippen MR) is 101 cm³/mol. The second kappa shape index (κ2) is 6.10. The lowest BCUT2D eigenvalue weighted by Crippen LogP contribution is -2.33. The fraction of sp³-hybridized carbons (Fsp3) is 0.316. The van der Waals surface area contributed by atoms with Crippen molar-refractivity contribution in [3.05, 3.63) is 49.2 Å². The monoisotopic (exact) mass is 347 g/mol. The third-order valence-electron chi connectivity index (χ3n) is 5.22. The lowest BCUT2D eigenvalue weighted by Gasteiger charge is -2.26. The Labute approximate surface area is 150 Å². The van der Waals surface area contributed by atoms with E-state index in [1.807, 2.05) is 33.6 Å². The lowest BCUT2D eigenvalue weighted by atomic mass is 9.92. The Morgan fingerprint density at radius 2 is 1.92 bits per heavy atom. The van der Waals surface area contributed by atoms with Gasteiger partial charge < -0.3 is 15.5 Å². The maximum absolute atomic E-state index is 5.98. The van der Waals surface area contributed by atoms with Crippen molar-refractivity contribution in [1.82, 2.24) is 24.0 Å². The van der Waals surface area contributed by atoms with Gasteiger partial charge in [-0.3, -0.25) is 0 Å². The van der Waals surface area contributed by atoms with Crippen LogP contribution in [0.1, 0.15) is 25.7 Å². The molecule has 0 spiro atoms. The summed E-state index contributed by atoms with van der Waals surface area (Å²) < 4.78 is 3.90. The van der Waals surface area contributed by atoms with Crippen molar-refractivity contribution in [3.8, 4) is 11.1 Å². The molecule has 26 heavy (non-hydrogen) atoms. The van der Waals surface area contributed by atoms with Crippen LogP contribution in [-0.2, 0) is 0 Å². The molecule has 5 rings (SSSR count). The SMILES string of the molecule is N[C@H]1CC[C@H](Nc2ncc3c(-c4ccc5nccn5c4)ccn3n2)CC1. The van der Waals surface area contributed by atoms with Gasteiger partial charge in [0.15, 0.2) is 0 Å². The highest BCUT2D eigenvalue weighted by Crippen LogP contribution is 2.26. The van der Waals surface area contributed by atoms with Crippen LogP contribution in [0.2, 0.25) is 0 Å². The molecule has 4 aromatic heterocycles. The summed E-state index contributed by atoms with van der Waals surface area (Å²) >= 11 is 0. The molecule has 0 bridgehead atoms. The molecule has 0 atom stereocenters. The van der Waals surface area contributed by atoms with Gasteiger partial charge in [-0.05, 0) is 43.9 Å². The first-order valence-corrected chi connectivity index (χ1v) is 9.06. The molecule has 1 fully saturated rings. The van der Waals surface area contributed by atoms with Gasteiger partial charge in [-0.1, -0.05) is 0 Å². The van der Waals surface area contributed by atoms with Crippen LogP contribution in [0.5, 0.6) is 0 Å². The van der Waals surface area contributed by atoms with Crippen molar-refractivity contribution < 1.29 is 0 Å². The molecule has 0 unspecified atom stereocenters. The van der Waals surface area contributed by atoms with E-state index in [4.69, 9.17) is 5.73 Å². The van der Waals surface area contributed by atoms with Gasteiger partial charge in [-0.15, -0.1) is 5.10 Å². The molecule has 1 aliphatic carbocycles. The van der Waals surface area contributed by atoms with Crippen LogP contribution < -0.4 is 11.1 Å². The zero-order valence-electron chi connectivity index (χ0n) is 14.4. The third kappa shape index (κ3) is 2.70. The first-order valence-electron chi connectivity index (χ1n) is 9.06. The molecule has 4 heterocycles. The Morgan fingerprint density at radius 3 is 2.81 bits per heavy atom. The average molecular weight is 347 g/mol. The Hall–Kier alpha value is -2.93. The average Bonchev–Trinajstić information content (AvgIpc) is 3.29. The van der Waals surface area contributed by atoms with Gasteiger partial charge in [-0.2, -0.15) is 0 Å². The van der Waals surface area contributed by atoms with Gasteiger partial charge in [0, 0.05) is 48.0 Å². The Morgan fingerprint density at radius 1 is 1.04 bits per heavy atom. The number of rotatable bonds is 3. The van der Waals surface area contributed by atoms with Crippen LogP contribution >= 0.6 is 0 Å². The summed E-state index contributed by atoms with van der Waals surface area (Å²) in [5.41, 5.74) is 10.1. The summed E-state index contributed by atoms with van der Waals surface area (Å²) in [6, 6.07) is 6.92. The fourth-order valence-electron chi connectivity index (χ4n) is 3.74. The first-order chi connectivity index (χ1) is 12.8. The number of nitrogens with one attached hydrogen (secondary N) is 1. The van der Waals surface area contributed by atoms with Crippen LogP contribution in [0.3, 0.4) is 0 Å². The largest absolute Gasteiger partial charge is 0.350 e. The highest BCUT2D eigenvalue weighted by Gasteiger charge is 2.19. The number of aromatic nitrogens is 5. The number of imidazole rings is 1. The summed E-state index contributed by atoms with van der Waals surface area (Å²) in [6.07, 6.45) is 14.0. The minimum Gasteiger partial charge on any atom is -0.350 e. The number of fused-ring (bicyclic) bond motifs is 2. The molecule has 4 aromatic rings. The first kappa shape index (κ1) is 15.3. The van der Waals surface area contributed by atoms with Crippen molar-refractivity contribution in [2.45, 2.75) is 37.8 Å². The number of nitrogens with two attached hydrogens (primary N) is 1. The molecule has 0 amide bonds. The summed E-state index contributed by atoms with van der Waals surface area (Å²) in [7, 11) is 0. The highest BCUT2D eigenvalue weighted by atomic mass is 15.3. The van der Waals surface area contributed by atoms with Gasteiger partial charge in [-0.25, -0.2) is 14.5 Å². The van der Waals surface area contributed by atoms with E-state index in [-0.39, 0.29) is 0 Å². The van der Waals surface area contributed by atoms with Crippen molar-refractivity contribution in [2.24, 2.45) is 5.73 Å². The Balaban J connectivity index is 1.44. The smallest absolute Gasteiger partial charge is 0.241 e. The minimum absolute atomic E-state index is 0.344. The van der Waals surface area contributed by atoms with Crippen molar-refractivity contribution in [1.29, 1.82) is 0 Å². The topological polar surface area (TPSA) is 85.5 Å². The van der Waals surface area contributed by atoms with Crippen LogP contribution in [0.4, 0.5) is 5.95 Å². The number of pyridine rings is 1. The van der Waals surface area contributed by atoms with Crippen LogP contribution in [-0.4, -0.2) is 36.1 Å². The lowest BCUT2D eigenvalue weighted by molar-refractivity contribution is 0.409. The van der Waals surface area contributed by atoms with Crippen LogP contribution in [0.15, 0.2) is 49.2 Å². The molecule has 7 nitrogen and oxygen atoms in total. The molecule has 1 aliphatic rings. The molecule has 3 N–H and O–H groups in total. The fourth-order valence-corrected chi connectivity index (χ4v) is 3.74.